The average molecular weight is 286 g/mol. The van der Waals surface area contributed by atoms with Gasteiger partial charge >= 0.3 is 5.97 Å². The number of anilines is 1. The van der Waals surface area contributed by atoms with Crippen molar-refractivity contribution in [2.24, 2.45) is 0 Å². The molecule has 2 aromatic rings. The fourth-order valence-corrected chi connectivity index (χ4v) is 1.80. The molecule has 0 bridgehead atoms. The van der Waals surface area contributed by atoms with Gasteiger partial charge in [-0.15, -0.1) is 0 Å². The van der Waals surface area contributed by atoms with E-state index in [1.54, 1.807) is 24.3 Å². The summed E-state index contributed by atoms with van der Waals surface area (Å²) in [5.74, 6) is -0.519. The summed E-state index contributed by atoms with van der Waals surface area (Å²) in [6.45, 7) is 1.84. The largest absolute Gasteiger partial charge is 0.457 e. The van der Waals surface area contributed by atoms with Crippen LogP contribution in [0.15, 0.2) is 42.5 Å². The number of aryl methyl sites for hydroxylation is 1. The second kappa shape index (κ2) is 6.04. The summed E-state index contributed by atoms with van der Waals surface area (Å²) in [5, 5.41) is 10.5. The van der Waals surface area contributed by atoms with Gasteiger partial charge in [-0.1, -0.05) is 12.1 Å². The second-order valence-corrected chi connectivity index (χ2v) is 4.54. The normalized spacial score (nSPS) is 10.1. The Hall–Kier alpha value is -2.89. The van der Waals surface area contributed by atoms with Crippen LogP contribution in [-0.2, 0) is 11.3 Å². The fourth-order valence-electron chi connectivity index (χ4n) is 1.80. The second-order valence-electron chi connectivity index (χ2n) is 4.54. The highest BCUT2D eigenvalue weighted by atomic mass is 16.6. The quantitative estimate of drug-likeness (QED) is 0.403. The van der Waals surface area contributed by atoms with Gasteiger partial charge in [0.05, 0.1) is 10.5 Å². The maximum atomic E-state index is 12.0. The maximum absolute atomic E-state index is 12.0. The summed E-state index contributed by atoms with van der Waals surface area (Å²) in [7, 11) is 0. The Morgan fingerprint density at radius 1 is 1.24 bits per heavy atom. The zero-order chi connectivity index (χ0) is 15.4. The Morgan fingerprint density at radius 3 is 2.52 bits per heavy atom. The predicted octanol–water partition coefficient (Wildman–Crippen LogP) is 2.84. The van der Waals surface area contributed by atoms with E-state index in [2.05, 4.69) is 0 Å². The van der Waals surface area contributed by atoms with Crippen LogP contribution in [-0.4, -0.2) is 10.9 Å². The van der Waals surface area contributed by atoms with Crippen molar-refractivity contribution in [3.63, 3.8) is 0 Å². The number of non-ortho nitro benzene ring substituents is 1. The van der Waals surface area contributed by atoms with E-state index >= 15 is 0 Å². The molecule has 2 rings (SSSR count). The minimum absolute atomic E-state index is 0.00648. The predicted molar refractivity (Wildman–Crippen MR) is 77.8 cm³/mol. The molecule has 21 heavy (non-hydrogen) atoms. The Balaban J connectivity index is 2.04. The van der Waals surface area contributed by atoms with Crippen molar-refractivity contribution < 1.29 is 14.5 Å². The van der Waals surface area contributed by atoms with Crippen LogP contribution in [0.1, 0.15) is 21.5 Å². The smallest absolute Gasteiger partial charge is 0.340 e. The molecule has 0 fully saturated rings. The lowest BCUT2D eigenvalue weighted by molar-refractivity contribution is -0.384. The highest BCUT2D eigenvalue weighted by Crippen LogP contribution is 2.18. The van der Waals surface area contributed by atoms with Crippen molar-refractivity contribution in [1.82, 2.24) is 0 Å². The minimum Gasteiger partial charge on any atom is -0.457 e. The van der Waals surface area contributed by atoms with Gasteiger partial charge in [-0.25, -0.2) is 4.79 Å². The highest BCUT2D eigenvalue weighted by molar-refractivity contribution is 5.95. The van der Waals surface area contributed by atoms with Crippen LogP contribution in [0, 0.1) is 17.0 Å². The van der Waals surface area contributed by atoms with Gasteiger partial charge in [0.1, 0.15) is 6.61 Å². The molecule has 108 valence electrons. The number of nitrogens with zero attached hydrogens (tertiary/aromatic N) is 1. The number of esters is 1. The van der Waals surface area contributed by atoms with Crippen molar-refractivity contribution in [2.75, 3.05) is 5.73 Å². The molecule has 0 heterocycles. The number of nitrogens with two attached hydrogens (primary N) is 1. The Morgan fingerprint density at radius 2 is 1.90 bits per heavy atom. The van der Waals surface area contributed by atoms with Crippen LogP contribution < -0.4 is 5.73 Å². The fraction of sp³-hybridized carbons (Fsp3) is 0.133. The van der Waals surface area contributed by atoms with Crippen LogP contribution in [0.5, 0.6) is 0 Å². The van der Waals surface area contributed by atoms with Crippen LogP contribution in [0.2, 0.25) is 0 Å². The molecular weight excluding hydrogens is 272 g/mol. The molecule has 0 spiro atoms. The molecule has 6 heteroatoms. The van der Waals surface area contributed by atoms with Crippen molar-refractivity contribution in [2.45, 2.75) is 13.5 Å². The van der Waals surface area contributed by atoms with Gasteiger partial charge < -0.3 is 10.5 Å². The van der Waals surface area contributed by atoms with Crippen LogP contribution in [0.3, 0.4) is 0 Å². The van der Waals surface area contributed by atoms with E-state index in [1.165, 1.54) is 12.1 Å². The molecule has 0 saturated carbocycles. The van der Waals surface area contributed by atoms with Gasteiger partial charge in [-0.05, 0) is 36.2 Å². The van der Waals surface area contributed by atoms with E-state index in [-0.39, 0.29) is 12.3 Å². The van der Waals surface area contributed by atoms with Gasteiger partial charge in [0, 0.05) is 17.8 Å². The average Bonchev–Trinajstić information content (AvgIpc) is 2.48. The Labute approximate surface area is 121 Å². The first kappa shape index (κ1) is 14.5. The number of nitrogen functional groups attached to an aromatic ring is 1. The lowest BCUT2D eigenvalue weighted by Crippen LogP contribution is -2.09. The standard InChI is InChI=1S/C15H14N2O4/c1-10-3-2-4-13(14(10)16)15(18)21-9-11-5-7-12(8-6-11)17(19)20/h2-8H,9,16H2,1H3. The van der Waals surface area contributed by atoms with Gasteiger partial charge in [0.15, 0.2) is 0 Å². The van der Waals surface area contributed by atoms with Crippen molar-refractivity contribution in [1.29, 1.82) is 0 Å². The van der Waals surface area contributed by atoms with Gasteiger partial charge in [-0.2, -0.15) is 0 Å². The molecule has 0 aliphatic rings. The highest BCUT2D eigenvalue weighted by Gasteiger charge is 2.12. The van der Waals surface area contributed by atoms with E-state index in [9.17, 15) is 14.9 Å². The molecular formula is C15H14N2O4. The first-order valence-electron chi connectivity index (χ1n) is 6.24. The number of hydrogen-bond donors (Lipinski definition) is 1. The zero-order valence-electron chi connectivity index (χ0n) is 11.4. The number of para-hydroxylation sites is 1. The Kier molecular flexibility index (Phi) is 4.18. The Bertz CT molecular complexity index is 681. The molecule has 0 amide bonds. The minimum atomic E-state index is -0.519. The van der Waals surface area contributed by atoms with E-state index < -0.39 is 10.9 Å². The number of rotatable bonds is 4. The number of nitro benzene ring substituents is 1. The third-order valence-corrected chi connectivity index (χ3v) is 3.06. The number of nitro groups is 1. The molecule has 0 saturated heterocycles. The number of carbonyl (C=O) groups is 1. The lowest BCUT2D eigenvalue weighted by Gasteiger charge is -2.08. The summed E-state index contributed by atoms with van der Waals surface area (Å²) >= 11 is 0. The first-order valence-corrected chi connectivity index (χ1v) is 6.24. The van der Waals surface area contributed by atoms with Gasteiger partial charge in [-0.3, -0.25) is 10.1 Å². The molecule has 0 aromatic heterocycles. The van der Waals surface area contributed by atoms with E-state index in [0.717, 1.165) is 5.56 Å². The molecule has 6 nitrogen and oxygen atoms in total. The van der Waals surface area contributed by atoms with Crippen molar-refractivity contribution >= 4 is 17.3 Å². The molecule has 2 N–H and O–H groups in total. The monoisotopic (exact) mass is 286 g/mol. The SMILES string of the molecule is Cc1cccc(C(=O)OCc2ccc([N+](=O)[O-])cc2)c1N. The molecule has 0 aliphatic heterocycles. The molecule has 0 atom stereocenters. The molecule has 2 aromatic carbocycles. The van der Waals surface area contributed by atoms with Gasteiger partial charge in [0.25, 0.3) is 5.69 Å². The topological polar surface area (TPSA) is 95.5 Å². The van der Waals surface area contributed by atoms with E-state index in [0.29, 0.717) is 16.8 Å². The van der Waals surface area contributed by atoms with Crippen LogP contribution in [0.25, 0.3) is 0 Å². The third kappa shape index (κ3) is 3.36. The summed E-state index contributed by atoms with van der Waals surface area (Å²) in [6, 6.07) is 11.0. The molecule has 0 unspecified atom stereocenters. The van der Waals surface area contributed by atoms with Gasteiger partial charge in [0.2, 0.25) is 0 Å². The lowest BCUT2D eigenvalue weighted by atomic mass is 10.1. The third-order valence-electron chi connectivity index (χ3n) is 3.06. The van der Waals surface area contributed by atoms with Crippen LogP contribution >= 0.6 is 0 Å². The summed E-state index contributed by atoms with van der Waals surface area (Å²) in [4.78, 5) is 22.0. The number of benzene rings is 2. The summed E-state index contributed by atoms with van der Waals surface area (Å²) in [6.07, 6.45) is 0. The number of carbonyl (C=O) groups excluding carboxylic acids is 1. The van der Waals surface area contributed by atoms with E-state index in [1.807, 2.05) is 13.0 Å². The summed E-state index contributed by atoms with van der Waals surface area (Å²) < 4.78 is 5.16. The summed E-state index contributed by atoms with van der Waals surface area (Å²) in [5.41, 5.74) is 8.01. The van der Waals surface area contributed by atoms with E-state index in [4.69, 9.17) is 10.5 Å². The molecule has 0 radical (unpaired) electrons. The van der Waals surface area contributed by atoms with Crippen molar-refractivity contribution in [3.8, 4) is 0 Å². The number of hydrogen-bond acceptors (Lipinski definition) is 5. The number of ether oxygens (including phenoxy) is 1. The zero-order valence-corrected chi connectivity index (χ0v) is 11.4. The first-order chi connectivity index (χ1) is 9.99. The van der Waals surface area contributed by atoms with Crippen molar-refractivity contribution in [3.05, 3.63) is 69.3 Å². The van der Waals surface area contributed by atoms with Crippen LogP contribution in [0.4, 0.5) is 11.4 Å². The maximum Gasteiger partial charge on any atom is 0.340 e. The molecule has 0 aliphatic carbocycles.